The summed E-state index contributed by atoms with van der Waals surface area (Å²) in [7, 11) is -3.80. The van der Waals surface area contributed by atoms with Crippen LogP contribution in [-0.2, 0) is 10.0 Å². The van der Waals surface area contributed by atoms with E-state index in [1.807, 2.05) is 0 Å². The van der Waals surface area contributed by atoms with Crippen molar-refractivity contribution >= 4 is 27.5 Å². The van der Waals surface area contributed by atoms with E-state index >= 15 is 0 Å². The van der Waals surface area contributed by atoms with Crippen molar-refractivity contribution in [3.05, 3.63) is 28.8 Å². The summed E-state index contributed by atoms with van der Waals surface area (Å²) in [5.41, 5.74) is -0.365. The molecule has 0 radical (unpaired) electrons. The second-order valence-corrected chi connectivity index (χ2v) is 9.35. The van der Waals surface area contributed by atoms with Crippen molar-refractivity contribution in [2.45, 2.75) is 57.9 Å². The monoisotopic (exact) mass is 374 g/mol. The van der Waals surface area contributed by atoms with Gasteiger partial charge in [-0.05, 0) is 57.7 Å². The number of hydrogen-bond donors (Lipinski definition) is 2. The molecule has 0 unspecified atom stereocenters. The largest absolute Gasteiger partial charge is 0.352 e. The van der Waals surface area contributed by atoms with Gasteiger partial charge >= 0.3 is 0 Å². The van der Waals surface area contributed by atoms with Gasteiger partial charge in [-0.3, -0.25) is 4.79 Å². The summed E-state index contributed by atoms with van der Waals surface area (Å²) >= 11 is 6.03. The molecule has 0 aliphatic heterocycles. The molecule has 136 valence electrons. The molecule has 0 atom stereocenters. The number of benzene rings is 1. The van der Waals surface area contributed by atoms with Gasteiger partial charge in [-0.25, -0.2) is 13.1 Å². The van der Waals surface area contributed by atoms with Gasteiger partial charge in [0.2, 0.25) is 10.0 Å². The van der Waals surface area contributed by atoms with Gasteiger partial charge < -0.3 is 5.32 Å². The maximum absolute atomic E-state index is 12.5. The van der Waals surface area contributed by atoms with Crippen molar-refractivity contribution in [1.82, 2.24) is 10.0 Å². The number of hydrogen-bond acceptors (Lipinski definition) is 3. The van der Waals surface area contributed by atoms with Crippen molar-refractivity contribution in [2.75, 3.05) is 6.54 Å². The number of nitrogens with one attached hydrogen (secondary N) is 2. The lowest BCUT2D eigenvalue weighted by Crippen LogP contribution is -2.40. The van der Waals surface area contributed by atoms with Gasteiger partial charge in [0, 0.05) is 17.6 Å². The van der Waals surface area contributed by atoms with E-state index in [9.17, 15) is 13.2 Å². The molecule has 1 amide bonds. The Hall–Kier alpha value is -1.11. The Labute approximate surface area is 150 Å². The molecular weight excluding hydrogens is 348 g/mol. The molecule has 0 saturated carbocycles. The Bertz CT molecular complexity index is 680. The Kier molecular flexibility index (Phi) is 7.25. The highest BCUT2D eigenvalue weighted by Gasteiger charge is 2.25. The molecule has 1 rings (SSSR count). The maximum Gasteiger partial charge on any atom is 0.251 e. The Balaban J connectivity index is 2.92. The molecule has 0 aliphatic rings. The highest BCUT2D eigenvalue weighted by atomic mass is 35.5. The zero-order chi connectivity index (χ0) is 18.5. The Morgan fingerprint density at radius 3 is 2.42 bits per heavy atom. The maximum atomic E-state index is 12.5. The predicted octanol–water partition coefficient (Wildman–Crippen LogP) is 3.58. The van der Waals surface area contributed by atoms with Crippen LogP contribution < -0.4 is 10.0 Å². The van der Waals surface area contributed by atoms with Gasteiger partial charge in [-0.15, -0.1) is 0 Å². The van der Waals surface area contributed by atoms with Gasteiger partial charge in [0.05, 0.1) is 5.02 Å². The summed E-state index contributed by atoms with van der Waals surface area (Å²) in [4.78, 5) is 12.1. The molecule has 1 aromatic rings. The first kappa shape index (κ1) is 20.9. The van der Waals surface area contributed by atoms with Crippen LogP contribution in [0.1, 0.15) is 57.8 Å². The first-order chi connectivity index (χ1) is 10.9. The summed E-state index contributed by atoms with van der Waals surface area (Å²) in [6.07, 6.45) is 1.91. The lowest BCUT2D eigenvalue weighted by molar-refractivity contribution is 0.0952. The minimum Gasteiger partial charge on any atom is -0.352 e. The Morgan fingerprint density at radius 1 is 1.25 bits per heavy atom. The molecule has 7 heteroatoms. The minimum absolute atomic E-state index is 0.0862. The fourth-order valence-corrected chi connectivity index (χ4v) is 4.07. The molecule has 2 N–H and O–H groups in total. The van der Waals surface area contributed by atoms with Crippen molar-refractivity contribution in [2.24, 2.45) is 5.92 Å². The second kappa shape index (κ2) is 8.32. The van der Waals surface area contributed by atoms with Crippen LogP contribution in [0.25, 0.3) is 0 Å². The van der Waals surface area contributed by atoms with E-state index < -0.39 is 15.6 Å². The second-order valence-electron chi connectivity index (χ2n) is 7.29. The number of rotatable bonds is 7. The van der Waals surface area contributed by atoms with E-state index in [4.69, 9.17) is 11.6 Å². The topological polar surface area (TPSA) is 75.3 Å². The van der Waals surface area contributed by atoms with E-state index in [2.05, 4.69) is 23.9 Å². The molecule has 0 bridgehead atoms. The molecule has 0 heterocycles. The van der Waals surface area contributed by atoms with Crippen LogP contribution in [0, 0.1) is 5.92 Å². The van der Waals surface area contributed by atoms with Crippen LogP contribution in [0.15, 0.2) is 23.1 Å². The molecule has 0 aliphatic carbocycles. The van der Waals surface area contributed by atoms with Crippen LogP contribution in [0.5, 0.6) is 0 Å². The summed E-state index contributed by atoms with van der Waals surface area (Å²) in [6, 6.07) is 4.27. The van der Waals surface area contributed by atoms with E-state index in [-0.39, 0.29) is 21.4 Å². The van der Waals surface area contributed by atoms with Crippen molar-refractivity contribution in [3.8, 4) is 0 Å². The fraction of sp³-hybridized carbons (Fsp3) is 0.588. The number of halogens is 1. The van der Waals surface area contributed by atoms with Gasteiger partial charge in [0.1, 0.15) is 4.90 Å². The average molecular weight is 375 g/mol. The minimum atomic E-state index is -3.80. The van der Waals surface area contributed by atoms with Gasteiger partial charge in [0.15, 0.2) is 0 Å². The summed E-state index contributed by atoms with van der Waals surface area (Å²) in [5, 5.41) is 2.89. The fourth-order valence-electron chi connectivity index (χ4n) is 2.12. The lowest BCUT2D eigenvalue weighted by Gasteiger charge is -2.21. The standard InChI is InChI=1S/C17H27ClN2O3S/c1-12(2)7-6-10-19-16(21)13-8-9-14(18)15(11-13)24(22,23)20-17(3,4)5/h8-9,11-12,20H,6-7,10H2,1-5H3,(H,19,21). The summed E-state index contributed by atoms with van der Waals surface area (Å²) in [6.45, 7) is 10.0. The zero-order valence-corrected chi connectivity index (χ0v) is 16.5. The third kappa shape index (κ3) is 6.79. The molecule has 0 spiro atoms. The van der Waals surface area contributed by atoms with E-state index in [0.29, 0.717) is 12.5 Å². The van der Waals surface area contributed by atoms with E-state index in [1.54, 1.807) is 20.8 Å². The van der Waals surface area contributed by atoms with Crippen LogP contribution in [0.3, 0.4) is 0 Å². The number of carbonyl (C=O) groups is 1. The van der Waals surface area contributed by atoms with E-state index in [0.717, 1.165) is 12.8 Å². The van der Waals surface area contributed by atoms with Gasteiger partial charge in [0.25, 0.3) is 5.91 Å². The van der Waals surface area contributed by atoms with E-state index in [1.165, 1.54) is 18.2 Å². The summed E-state index contributed by atoms with van der Waals surface area (Å²) < 4.78 is 27.4. The third-order valence-corrected chi connectivity index (χ3v) is 5.41. The van der Waals surface area contributed by atoms with Crippen LogP contribution >= 0.6 is 11.6 Å². The molecule has 0 aromatic heterocycles. The number of carbonyl (C=O) groups excluding carboxylic acids is 1. The zero-order valence-electron chi connectivity index (χ0n) is 14.9. The molecule has 1 aromatic carbocycles. The lowest BCUT2D eigenvalue weighted by atomic mass is 10.1. The molecule has 0 fully saturated rings. The molecule has 0 saturated heterocycles. The highest BCUT2D eigenvalue weighted by molar-refractivity contribution is 7.89. The quantitative estimate of drug-likeness (QED) is 0.716. The SMILES string of the molecule is CC(C)CCCNC(=O)c1ccc(Cl)c(S(=O)(=O)NC(C)(C)C)c1. The number of sulfonamides is 1. The number of amides is 1. The molecule has 5 nitrogen and oxygen atoms in total. The van der Waals surface area contributed by atoms with Crippen LogP contribution in [0.2, 0.25) is 5.02 Å². The predicted molar refractivity (Wildman–Crippen MR) is 97.9 cm³/mol. The molecule has 24 heavy (non-hydrogen) atoms. The van der Waals surface area contributed by atoms with Crippen molar-refractivity contribution < 1.29 is 13.2 Å². The first-order valence-corrected chi connectivity index (χ1v) is 9.90. The molecular formula is C17H27ClN2O3S. The average Bonchev–Trinajstić information content (AvgIpc) is 2.40. The van der Waals surface area contributed by atoms with Crippen molar-refractivity contribution in [1.29, 1.82) is 0 Å². The summed E-state index contributed by atoms with van der Waals surface area (Å²) in [5.74, 6) is 0.278. The van der Waals surface area contributed by atoms with Gasteiger partial charge in [-0.1, -0.05) is 25.4 Å². The van der Waals surface area contributed by atoms with Crippen molar-refractivity contribution in [3.63, 3.8) is 0 Å². The van der Waals surface area contributed by atoms with Crippen LogP contribution in [0.4, 0.5) is 0 Å². The van der Waals surface area contributed by atoms with Gasteiger partial charge in [-0.2, -0.15) is 0 Å². The first-order valence-electron chi connectivity index (χ1n) is 8.04. The van der Waals surface area contributed by atoms with Crippen LogP contribution in [-0.4, -0.2) is 26.4 Å². The highest BCUT2D eigenvalue weighted by Crippen LogP contribution is 2.24. The smallest absolute Gasteiger partial charge is 0.251 e. The third-order valence-electron chi connectivity index (χ3n) is 3.17. The normalized spacial score (nSPS) is 12.5. The Morgan fingerprint density at radius 2 is 1.88 bits per heavy atom.